The molecule has 0 aliphatic rings. The van der Waals surface area contributed by atoms with E-state index < -0.39 is 5.91 Å². The van der Waals surface area contributed by atoms with Crippen LogP contribution in [0.15, 0.2) is 97.1 Å². The van der Waals surface area contributed by atoms with Gasteiger partial charge in [-0.3, -0.25) is 9.59 Å². The summed E-state index contributed by atoms with van der Waals surface area (Å²) >= 11 is 0. The number of carbonyl (C=O) groups is 2. The van der Waals surface area contributed by atoms with Gasteiger partial charge in [-0.05, 0) is 28.7 Å². The van der Waals surface area contributed by atoms with Crippen molar-refractivity contribution in [3.8, 4) is 0 Å². The first-order valence-corrected chi connectivity index (χ1v) is 15.2. The van der Waals surface area contributed by atoms with Gasteiger partial charge in [-0.1, -0.05) is 105 Å². The van der Waals surface area contributed by atoms with Crippen LogP contribution in [0.25, 0.3) is 11.0 Å². The number of amides is 2. The number of nitrogens with two attached hydrogens (primary N) is 1. The molecule has 0 bridgehead atoms. The highest BCUT2D eigenvalue weighted by Crippen LogP contribution is 2.31. The molecule has 5 rings (SSSR count). The quantitative estimate of drug-likeness (QED) is 0.187. The first-order chi connectivity index (χ1) is 21.7. The summed E-state index contributed by atoms with van der Waals surface area (Å²) in [4.78, 5) is 39.5. The minimum absolute atomic E-state index is 0.0705. The van der Waals surface area contributed by atoms with Crippen LogP contribution in [0.5, 0.6) is 0 Å². The van der Waals surface area contributed by atoms with Crippen LogP contribution in [-0.2, 0) is 11.3 Å². The van der Waals surface area contributed by atoms with E-state index in [1.54, 1.807) is 0 Å². The summed E-state index contributed by atoms with van der Waals surface area (Å²) in [5, 5.41) is 4.26. The van der Waals surface area contributed by atoms with Gasteiger partial charge in [0.15, 0.2) is 0 Å². The average molecular weight is 604 g/mol. The Hall–Kier alpha value is -5.18. The van der Waals surface area contributed by atoms with E-state index in [-0.39, 0.29) is 24.3 Å². The lowest BCUT2D eigenvalue weighted by Gasteiger charge is -2.24. The van der Waals surface area contributed by atoms with Crippen LogP contribution in [0.2, 0.25) is 0 Å². The third kappa shape index (κ3) is 7.49. The molecule has 9 heteroatoms. The number of carbonyl (C=O) groups excluding carboxylic acids is 2. The topological polar surface area (TPSA) is 109 Å². The van der Waals surface area contributed by atoms with E-state index in [0.717, 1.165) is 10.9 Å². The number of benzene rings is 3. The van der Waals surface area contributed by atoms with Gasteiger partial charge in [-0.25, -0.2) is 0 Å². The maximum atomic E-state index is 14.1. The van der Waals surface area contributed by atoms with Gasteiger partial charge in [-0.2, -0.15) is 9.97 Å². The number of primary amides is 1. The largest absolute Gasteiger partial charge is 0.368 e. The van der Waals surface area contributed by atoms with Crippen molar-refractivity contribution in [1.29, 1.82) is 0 Å². The summed E-state index contributed by atoms with van der Waals surface area (Å²) in [6.07, 6.45) is 0. The first-order valence-electron chi connectivity index (χ1n) is 15.2. The van der Waals surface area contributed by atoms with Crippen LogP contribution >= 0.6 is 0 Å². The molecule has 0 saturated carbocycles. The average Bonchev–Trinajstić information content (AvgIpc) is 3.39. The Balaban J connectivity index is 1.60. The smallest absolute Gasteiger partial charge is 0.271 e. The Morgan fingerprint density at radius 3 is 1.98 bits per heavy atom. The molecule has 0 unspecified atom stereocenters. The Morgan fingerprint density at radius 2 is 1.44 bits per heavy atom. The van der Waals surface area contributed by atoms with Crippen LogP contribution in [0.4, 0.5) is 11.8 Å². The Bertz CT molecular complexity index is 1700. The molecule has 5 aromatic rings. The predicted molar refractivity (Wildman–Crippen MR) is 181 cm³/mol. The lowest BCUT2D eigenvalue weighted by molar-refractivity contribution is -0.118. The van der Waals surface area contributed by atoms with Crippen LogP contribution < -0.4 is 16.0 Å². The molecule has 3 N–H and O–H groups in total. The molecule has 9 nitrogen and oxygen atoms in total. The van der Waals surface area contributed by atoms with Gasteiger partial charge in [0.25, 0.3) is 5.91 Å². The monoisotopic (exact) mass is 603 g/mol. The first kappa shape index (κ1) is 31.3. The normalized spacial score (nSPS) is 11.2. The van der Waals surface area contributed by atoms with E-state index in [2.05, 4.69) is 29.6 Å². The number of hydrogen-bond acceptors (Lipinski definition) is 6. The third-order valence-electron chi connectivity index (χ3n) is 7.65. The van der Waals surface area contributed by atoms with Gasteiger partial charge in [0.1, 0.15) is 17.2 Å². The zero-order chi connectivity index (χ0) is 31.9. The zero-order valence-corrected chi connectivity index (χ0v) is 26.4. The second kappa shape index (κ2) is 14.1. The highest BCUT2D eigenvalue weighted by molar-refractivity contribution is 6.02. The van der Waals surface area contributed by atoms with Gasteiger partial charge in [0.2, 0.25) is 11.9 Å². The molecule has 45 heavy (non-hydrogen) atoms. The van der Waals surface area contributed by atoms with Gasteiger partial charge in [0, 0.05) is 39.6 Å². The summed E-state index contributed by atoms with van der Waals surface area (Å²) in [5.41, 5.74) is 10.0. The second-order valence-corrected chi connectivity index (χ2v) is 11.9. The lowest BCUT2D eigenvalue weighted by atomic mass is 9.91. The molecular weight excluding hydrogens is 562 g/mol. The van der Waals surface area contributed by atoms with Gasteiger partial charge < -0.3 is 25.4 Å². The van der Waals surface area contributed by atoms with E-state index in [9.17, 15) is 9.59 Å². The van der Waals surface area contributed by atoms with Crippen LogP contribution in [-0.4, -0.2) is 65.0 Å². The van der Waals surface area contributed by atoms with Gasteiger partial charge >= 0.3 is 0 Å². The Kier molecular flexibility index (Phi) is 9.77. The van der Waals surface area contributed by atoms with E-state index in [0.29, 0.717) is 42.7 Å². The third-order valence-corrected chi connectivity index (χ3v) is 7.65. The standard InChI is InChI=1S/C36H41N7O2/c1-25(2)22-42(24-32(37)44)35(45)31-20-29-33(41(3)4)39-36(40-34(29)43(31)23-26-14-8-5-9-15-26)38-21-30(27-16-10-6-11-17-27)28-18-12-7-13-19-28/h5-20,25,30H,21-24H2,1-4H3,(H2,37,44)(H,38,39,40). The summed E-state index contributed by atoms with van der Waals surface area (Å²) in [7, 11) is 3.85. The molecule has 232 valence electrons. The highest BCUT2D eigenvalue weighted by atomic mass is 16.2. The fraction of sp³-hybridized carbons (Fsp3) is 0.278. The summed E-state index contributed by atoms with van der Waals surface area (Å²) in [6, 6.07) is 32.6. The molecule has 2 aromatic heterocycles. The summed E-state index contributed by atoms with van der Waals surface area (Å²) in [6.45, 7) is 5.23. The van der Waals surface area contributed by atoms with Crippen LogP contribution in [0.3, 0.4) is 0 Å². The molecule has 0 aliphatic carbocycles. The van der Waals surface area contributed by atoms with E-state index >= 15 is 0 Å². The minimum Gasteiger partial charge on any atom is -0.368 e. The molecule has 0 fully saturated rings. The van der Waals surface area contributed by atoms with Crippen molar-refractivity contribution in [2.75, 3.05) is 43.9 Å². The molecule has 3 aromatic carbocycles. The SMILES string of the molecule is CC(C)CN(CC(N)=O)C(=O)c1cc2c(N(C)C)nc(NCC(c3ccccc3)c3ccccc3)nc2n1Cc1ccccc1. The number of anilines is 2. The number of fused-ring (bicyclic) bond motifs is 1. The van der Waals surface area contributed by atoms with E-state index in [4.69, 9.17) is 15.7 Å². The number of aromatic nitrogens is 3. The summed E-state index contributed by atoms with van der Waals surface area (Å²) in [5.74, 6) is 0.539. The molecular formula is C36H41N7O2. The second-order valence-electron chi connectivity index (χ2n) is 11.9. The number of rotatable bonds is 13. The Labute approximate surface area is 264 Å². The van der Waals surface area contributed by atoms with Crippen molar-refractivity contribution in [3.63, 3.8) is 0 Å². The maximum absolute atomic E-state index is 14.1. The number of hydrogen-bond donors (Lipinski definition) is 2. The van der Waals surface area contributed by atoms with Crippen molar-refractivity contribution in [2.45, 2.75) is 26.3 Å². The fourth-order valence-corrected chi connectivity index (χ4v) is 5.64. The fourth-order valence-electron chi connectivity index (χ4n) is 5.64. The molecule has 2 amide bonds. The van der Waals surface area contributed by atoms with Crippen molar-refractivity contribution < 1.29 is 9.59 Å². The molecule has 0 atom stereocenters. The predicted octanol–water partition coefficient (Wildman–Crippen LogP) is 5.37. The van der Waals surface area contributed by atoms with Crippen LogP contribution in [0, 0.1) is 5.92 Å². The molecule has 0 saturated heterocycles. The van der Waals surface area contributed by atoms with E-state index in [1.807, 2.05) is 110 Å². The number of nitrogens with zero attached hydrogens (tertiary/aromatic N) is 5. The highest BCUT2D eigenvalue weighted by Gasteiger charge is 2.26. The van der Waals surface area contributed by atoms with Crippen LogP contribution in [0.1, 0.15) is 46.9 Å². The molecule has 0 aliphatic heterocycles. The molecule has 0 radical (unpaired) electrons. The van der Waals surface area contributed by atoms with E-state index in [1.165, 1.54) is 16.0 Å². The van der Waals surface area contributed by atoms with Gasteiger partial charge in [-0.15, -0.1) is 0 Å². The molecule has 0 spiro atoms. The maximum Gasteiger partial charge on any atom is 0.271 e. The van der Waals surface area contributed by atoms with Crippen molar-refractivity contribution in [2.24, 2.45) is 11.7 Å². The number of nitrogens with one attached hydrogen (secondary N) is 1. The zero-order valence-electron chi connectivity index (χ0n) is 26.4. The van der Waals surface area contributed by atoms with Crippen molar-refractivity contribution >= 4 is 34.6 Å². The Morgan fingerprint density at radius 1 is 0.867 bits per heavy atom. The van der Waals surface area contributed by atoms with Crippen molar-refractivity contribution in [1.82, 2.24) is 19.4 Å². The van der Waals surface area contributed by atoms with Gasteiger partial charge in [0.05, 0.1) is 11.9 Å². The minimum atomic E-state index is -0.554. The lowest BCUT2D eigenvalue weighted by Crippen LogP contribution is -2.41. The molecule has 2 heterocycles. The summed E-state index contributed by atoms with van der Waals surface area (Å²) < 4.78 is 1.92. The van der Waals surface area contributed by atoms with Crippen molar-refractivity contribution in [3.05, 3.63) is 119 Å².